The summed E-state index contributed by atoms with van der Waals surface area (Å²) < 4.78 is 0. The van der Waals surface area contributed by atoms with E-state index in [1.54, 1.807) is 0 Å². The monoisotopic (exact) mass is 204 g/mol. The number of carbonyl (C=O) groups excluding carboxylic acids is 1. The highest BCUT2D eigenvalue weighted by molar-refractivity contribution is 7.99. The number of fused-ring (bicyclic) bond motifs is 1. The number of rotatable bonds is 0. The smallest absolute Gasteiger partial charge is 0.304 e. The van der Waals surface area contributed by atoms with Crippen molar-refractivity contribution in [2.75, 3.05) is 11.5 Å². The molecular weight excluding hydrogens is 192 g/mol. The van der Waals surface area contributed by atoms with Crippen molar-refractivity contribution < 1.29 is 4.79 Å². The molecule has 0 saturated carbocycles. The highest BCUT2D eigenvalue weighted by Crippen LogP contribution is 2.41. The highest BCUT2D eigenvalue weighted by Gasteiger charge is 2.65. The maximum atomic E-state index is 11.4. The van der Waals surface area contributed by atoms with Gasteiger partial charge in [0.25, 0.3) is 0 Å². The lowest BCUT2D eigenvalue weighted by Crippen LogP contribution is -2.73. The van der Waals surface area contributed by atoms with Crippen molar-refractivity contribution in [2.24, 2.45) is 23.2 Å². The first-order chi connectivity index (χ1) is 5.93. The fourth-order valence-corrected chi connectivity index (χ4v) is 3.13. The van der Waals surface area contributed by atoms with Crippen molar-refractivity contribution >= 4 is 17.8 Å². The number of hydrazine groups is 2. The van der Waals surface area contributed by atoms with Gasteiger partial charge in [-0.25, -0.2) is 26.5 Å². The molecule has 7 nitrogen and oxygen atoms in total. The Balaban J connectivity index is 2.48. The summed E-state index contributed by atoms with van der Waals surface area (Å²) in [6, 6.07) is -0.537. The summed E-state index contributed by atoms with van der Waals surface area (Å²) in [6.07, 6.45) is 0. The van der Waals surface area contributed by atoms with Crippen LogP contribution in [0.3, 0.4) is 0 Å². The molecule has 2 heterocycles. The van der Waals surface area contributed by atoms with E-state index in [0.717, 1.165) is 10.0 Å². The zero-order chi connectivity index (χ0) is 9.85. The van der Waals surface area contributed by atoms with Crippen molar-refractivity contribution in [3.8, 4) is 0 Å². The summed E-state index contributed by atoms with van der Waals surface area (Å²) in [5.74, 6) is 12.0. The molecule has 0 bridgehead atoms. The molecule has 13 heavy (non-hydrogen) atoms. The second kappa shape index (κ2) is 2.28. The molecule has 74 valence electrons. The van der Waals surface area contributed by atoms with Gasteiger partial charge in [-0.05, 0) is 0 Å². The molecule has 2 fully saturated rings. The van der Waals surface area contributed by atoms with Crippen LogP contribution in [0, 0.1) is 0 Å². The van der Waals surface area contributed by atoms with Crippen LogP contribution < -0.4 is 23.2 Å². The van der Waals surface area contributed by atoms with Crippen LogP contribution in [0.2, 0.25) is 0 Å². The van der Waals surface area contributed by atoms with E-state index in [2.05, 4.69) is 0 Å². The van der Waals surface area contributed by atoms with E-state index in [1.807, 2.05) is 0 Å². The SMILES string of the molecule is NN1C(=O)N(N)[C@]2(N)CSCC12N. The first kappa shape index (κ1) is 9.03. The van der Waals surface area contributed by atoms with Crippen molar-refractivity contribution in [3.05, 3.63) is 0 Å². The summed E-state index contributed by atoms with van der Waals surface area (Å²) >= 11 is 1.53. The van der Waals surface area contributed by atoms with E-state index in [1.165, 1.54) is 11.8 Å². The van der Waals surface area contributed by atoms with Crippen molar-refractivity contribution in [1.29, 1.82) is 0 Å². The maximum absolute atomic E-state index is 11.4. The number of thioether (sulfide) groups is 1. The molecule has 8 heteroatoms. The average molecular weight is 204 g/mol. The molecule has 2 atom stereocenters. The van der Waals surface area contributed by atoms with Crippen LogP contribution in [0.25, 0.3) is 0 Å². The number of nitrogens with two attached hydrogens (primary N) is 4. The number of hydrogen-bond donors (Lipinski definition) is 4. The second-order valence-electron chi connectivity index (χ2n) is 3.36. The summed E-state index contributed by atoms with van der Waals surface area (Å²) in [4.78, 5) is 11.4. The molecule has 0 aromatic rings. The van der Waals surface area contributed by atoms with E-state index in [-0.39, 0.29) is 0 Å². The quantitative estimate of drug-likeness (QED) is 0.197. The summed E-state index contributed by atoms with van der Waals surface area (Å²) in [6.45, 7) is 0. The Kier molecular flexibility index (Phi) is 1.58. The average Bonchev–Trinajstić information content (AvgIpc) is 2.46. The fourth-order valence-electron chi connectivity index (χ4n) is 1.63. The highest BCUT2D eigenvalue weighted by atomic mass is 32.2. The zero-order valence-electron chi connectivity index (χ0n) is 6.93. The number of nitrogens with zero attached hydrogens (tertiary/aromatic N) is 2. The van der Waals surface area contributed by atoms with Crippen LogP contribution in [0.5, 0.6) is 0 Å². The second-order valence-corrected chi connectivity index (χ2v) is 4.35. The largest absolute Gasteiger partial charge is 0.352 e. The predicted octanol–water partition coefficient (Wildman–Crippen LogP) is -2.47. The molecule has 8 N–H and O–H groups in total. The van der Waals surface area contributed by atoms with E-state index >= 15 is 0 Å². The zero-order valence-corrected chi connectivity index (χ0v) is 7.75. The summed E-state index contributed by atoms with van der Waals surface area (Å²) in [5, 5.41) is 1.85. The molecule has 0 aromatic heterocycles. The van der Waals surface area contributed by atoms with Crippen LogP contribution in [-0.4, -0.2) is 38.9 Å². The summed E-state index contributed by atoms with van der Waals surface area (Å²) in [7, 11) is 0. The lowest BCUT2D eigenvalue weighted by Gasteiger charge is -2.36. The maximum Gasteiger partial charge on any atom is 0.352 e. The van der Waals surface area contributed by atoms with Crippen molar-refractivity contribution in [1.82, 2.24) is 10.0 Å². The Hall–Kier alpha value is -0.540. The third-order valence-corrected chi connectivity index (χ3v) is 3.95. The van der Waals surface area contributed by atoms with Gasteiger partial charge in [-0.2, -0.15) is 11.8 Å². The lowest BCUT2D eigenvalue weighted by molar-refractivity contribution is 0.105. The van der Waals surface area contributed by atoms with Gasteiger partial charge in [0.2, 0.25) is 0 Å². The van der Waals surface area contributed by atoms with Gasteiger partial charge < -0.3 is 11.5 Å². The van der Waals surface area contributed by atoms with Crippen molar-refractivity contribution in [2.45, 2.75) is 11.3 Å². The molecule has 0 aromatic carbocycles. The number of hydrogen-bond acceptors (Lipinski definition) is 6. The van der Waals surface area contributed by atoms with Crippen LogP contribution in [0.4, 0.5) is 4.79 Å². The first-order valence-corrected chi connectivity index (χ1v) is 4.88. The Morgan fingerprint density at radius 1 is 1.15 bits per heavy atom. The number of urea groups is 1. The Labute approximate surface area is 79.3 Å². The van der Waals surface area contributed by atoms with Crippen LogP contribution >= 0.6 is 11.8 Å². The minimum atomic E-state index is -1.05. The van der Waals surface area contributed by atoms with Gasteiger partial charge in [-0.1, -0.05) is 0 Å². The normalized spacial score (nSPS) is 44.5. The first-order valence-electron chi connectivity index (χ1n) is 3.73. The van der Waals surface area contributed by atoms with E-state index in [0.29, 0.717) is 11.5 Å². The lowest BCUT2D eigenvalue weighted by atomic mass is 10.00. The third kappa shape index (κ3) is 0.771. The topological polar surface area (TPSA) is 128 Å². The fraction of sp³-hybridized carbons (Fsp3) is 0.800. The standard InChI is InChI=1S/C5H12N6OS/c6-4-1-13-2-5(4,7)11(9)3(12)10(4)8/h1-2,6-9H2/t4-,5?/m1/s1. The molecule has 0 aliphatic carbocycles. The third-order valence-electron chi connectivity index (χ3n) is 2.67. The van der Waals surface area contributed by atoms with E-state index < -0.39 is 17.4 Å². The number of amides is 2. The van der Waals surface area contributed by atoms with Gasteiger partial charge >= 0.3 is 6.03 Å². The van der Waals surface area contributed by atoms with Crippen LogP contribution in [0.1, 0.15) is 0 Å². The Morgan fingerprint density at radius 3 is 1.92 bits per heavy atom. The van der Waals surface area contributed by atoms with Gasteiger partial charge in [0.05, 0.1) is 0 Å². The minimum Gasteiger partial charge on any atom is -0.304 e. The van der Waals surface area contributed by atoms with Gasteiger partial charge in [0, 0.05) is 11.5 Å². The van der Waals surface area contributed by atoms with Crippen LogP contribution in [0.15, 0.2) is 0 Å². The van der Waals surface area contributed by atoms with Gasteiger partial charge in [0.15, 0.2) is 11.3 Å². The van der Waals surface area contributed by atoms with Gasteiger partial charge in [-0.15, -0.1) is 0 Å². The molecule has 2 amide bonds. The van der Waals surface area contributed by atoms with Crippen molar-refractivity contribution in [3.63, 3.8) is 0 Å². The molecule has 2 aliphatic rings. The molecule has 2 aliphatic heterocycles. The minimum absolute atomic E-state index is 0.499. The van der Waals surface area contributed by atoms with Gasteiger partial charge in [0.1, 0.15) is 0 Å². The van der Waals surface area contributed by atoms with Crippen LogP contribution in [-0.2, 0) is 0 Å². The molecule has 2 saturated heterocycles. The molecule has 0 radical (unpaired) electrons. The Morgan fingerprint density at radius 2 is 1.54 bits per heavy atom. The molecule has 0 spiro atoms. The molecule has 1 unspecified atom stereocenters. The molecule has 2 rings (SSSR count). The Bertz CT molecular complexity index is 250. The molecular formula is C5H12N6OS. The predicted molar refractivity (Wildman–Crippen MR) is 48.6 cm³/mol. The van der Waals surface area contributed by atoms with Gasteiger partial charge in [-0.3, -0.25) is 0 Å². The number of carbonyl (C=O) groups is 1. The van der Waals surface area contributed by atoms with E-state index in [4.69, 9.17) is 23.2 Å². The van der Waals surface area contributed by atoms with E-state index in [9.17, 15) is 4.79 Å². The summed E-state index contributed by atoms with van der Waals surface area (Å²) in [5.41, 5.74) is 9.77.